The Bertz CT molecular complexity index is 1030. The summed E-state index contributed by atoms with van der Waals surface area (Å²) in [5.74, 6) is 0.00998. The molecule has 152 valence electrons. The number of nitrogens with one attached hydrogen (secondary N) is 1. The molecule has 0 unspecified atom stereocenters. The van der Waals surface area contributed by atoms with Crippen molar-refractivity contribution in [2.75, 3.05) is 13.2 Å². The van der Waals surface area contributed by atoms with Gasteiger partial charge in [0.2, 0.25) is 0 Å². The van der Waals surface area contributed by atoms with Crippen LogP contribution >= 0.6 is 0 Å². The molecule has 0 saturated heterocycles. The predicted molar refractivity (Wildman–Crippen MR) is 114 cm³/mol. The standard InChI is InChI=1S/C25H21F2NO2/c26-24(27)18-9-5-7-17(15-18)8-6-14-28-25(29)30-16-23-21-12-3-1-10-19(21)20-11-2-4-13-22(20)23/h1-13,15,23-24H,14,16H2,(H,28,29). The van der Waals surface area contributed by atoms with Gasteiger partial charge in [-0.1, -0.05) is 78.9 Å². The van der Waals surface area contributed by atoms with Crippen molar-refractivity contribution in [2.45, 2.75) is 12.3 Å². The highest BCUT2D eigenvalue weighted by atomic mass is 19.3. The van der Waals surface area contributed by atoms with Crippen LogP contribution in [0, 0.1) is 0 Å². The first-order valence-electron chi connectivity index (χ1n) is 9.77. The third kappa shape index (κ3) is 4.25. The van der Waals surface area contributed by atoms with Gasteiger partial charge in [-0.3, -0.25) is 0 Å². The first-order valence-corrected chi connectivity index (χ1v) is 9.77. The van der Waals surface area contributed by atoms with Gasteiger partial charge in [0.1, 0.15) is 6.61 Å². The molecule has 1 amide bonds. The van der Waals surface area contributed by atoms with Gasteiger partial charge in [0.05, 0.1) is 0 Å². The van der Waals surface area contributed by atoms with E-state index >= 15 is 0 Å². The van der Waals surface area contributed by atoms with Crippen LogP contribution in [0.2, 0.25) is 0 Å². The number of benzene rings is 3. The summed E-state index contributed by atoms with van der Waals surface area (Å²) in [4.78, 5) is 12.1. The number of alkyl carbamates (subject to hydrolysis) is 1. The Morgan fingerprint density at radius 1 is 0.967 bits per heavy atom. The van der Waals surface area contributed by atoms with Gasteiger partial charge in [0.25, 0.3) is 6.43 Å². The molecule has 3 aromatic carbocycles. The van der Waals surface area contributed by atoms with Crippen molar-refractivity contribution in [3.63, 3.8) is 0 Å². The van der Waals surface area contributed by atoms with Gasteiger partial charge in [-0.25, -0.2) is 13.6 Å². The average Bonchev–Trinajstić information content (AvgIpc) is 3.09. The van der Waals surface area contributed by atoms with E-state index in [-0.39, 0.29) is 24.6 Å². The average molecular weight is 405 g/mol. The number of amides is 1. The second-order valence-electron chi connectivity index (χ2n) is 7.08. The molecule has 0 saturated carbocycles. The van der Waals surface area contributed by atoms with Crippen LogP contribution in [-0.2, 0) is 4.74 Å². The maximum Gasteiger partial charge on any atom is 0.407 e. The van der Waals surface area contributed by atoms with Crippen molar-refractivity contribution in [3.8, 4) is 11.1 Å². The lowest BCUT2D eigenvalue weighted by Gasteiger charge is -2.14. The molecule has 1 aliphatic rings. The highest BCUT2D eigenvalue weighted by Crippen LogP contribution is 2.44. The van der Waals surface area contributed by atoms with E-state index in [4.69, 9.17) is 4.74 Å². The summed E-state index contributed by atoms with van der Waals surface area (Å²) >= 11 is 0. The second-order valence-corrected chi connectivity index (χ2v) is 7.08. The van der Waals surface area contributed by atoms with E-state index in [9.17, 15) is 13.6 Å². The number of fused-ring (bicyclic) bond motifs is 3. The van der Waals surface area contributed by atoms with Crippen LogP contribution in [0.25, 0.3) is 17.2 Å². The van der Waals surface area contributed by atoms with E-state index in [1.165, 1.54) is 23.3 Å². The summed E-state index contributed by atoms with van der Waals surface area (Å²) in [6, 6.07) is 22.4. The summed E-state index contributed by atoms with van der Waals surface area (Å²) in [6.07, 6.45) is 0.377. The number of carbonyl (C=O) groups excluding carboxylic acids is 1. The fourth-order valence-corrected chi connectivity index (χ4v) is 3.79. The molecule has 0 aliphatic heterocycles. The molecule has 3 nitrogen and oxygen atoms in total. The van der Waals surface area contributed by atoms with E-state index in [2.05, 4.69) is 29.6 Å². The number of carbonyl (C=O) groups is 1. The Balaban J connectivity index is 1.32. The lowest BCUT2D eigenvalue weighted by molar-refractivity contribution is 0.144. The fourth-order valence-electron chi connectivity index (χ4n) is 3.79. The summed E-state index contributed by atoms with van der Waals surface area (Å²) < 4.78 is 30.9. The van der Waals surface area contributed by atoms with Crippen molar-refractivity contribution in [1.82, 2.24) is 5.32 Å². The van der Waals surface area contributed by atoms with E-state index in [1.807, 2.05) is 24.3 Å². The lowest BCUT2D eigenvalue weighted by atomic mass is 9.98. The Kier molecular flexibility index (Phi) is 5.89. The molecule has 0 aromatic heterocycles. The molecule has 0 radical (unpaired) electrons. The molecule has 0 fully saturated rings. The van der Waals surface area contributed by atoms with Crippen molar-refractivity contribution in [1.29, 1.82) is 0 Å². The van der Waals surface area contributed by atoms with Crippen molar-refractivity contribution < 1.29 is 18.3 Å². The molecule has 1 N–H and O–H groups in total. The third-order valence-electron chi connectivity index (χ3n) is 5.18. The molecule has 30 heavy (non-hydrogen) atoms. The minimum Gasteiger partial charge on any atom is -0.449 e. The number of hydrogen-bond acceptors (Lipinski definition) is 2. The zero-order valence-electron chi connectivity index (χ0n) is 16.2. The highest BCUT2D eigenvalue weighted by molar-refractivity contribution is 5.79. The Morgan fingerprint density at radius 2 is 1.63 bits per heavy atom. The maximum atomic E-state index is 12.7. The number of alkyl halides is 2. The van der Waals surface area contributed by atoms with Crippen molar-refractivity contribution in [3.05, 3.63) is 101 Å². The largest absolute Gasteiger partial charge is 0.449 e. The molecular weight excluding hydrogens is 384 g/mol. The zero-order valence-corrected chi connectivity index (χ0v) is 16.2. The number of hydrogen-bond donors (Lipinski definition) is 1. The molecule has 1 aliphatic carbocycles. The summed E-state index contributed by atoms with van der Waals surface area (Å²) in [6.45, 7) is 0.496. The highest BCUT2D eigenvalue weighted by Gasteiger charge is 2.28. The maximum absolute atomic E-state index is 12.7. The molecule has 0 heterocycles. The van der Waals surface area contributed by atoms with Crippen LogP contribution in [-0.4, -0.2) is 19.2 Å². The van der Waals surface area contributed by atoms with Gasteiger partial charge in [-0.2, -0.15) is 0 Å². The van der Waals surface area contributed by atoms with Gasteiger partial charge >= 0.3 is 6.09 Å². The number of rotatable bonds is 6. The quantitative estimate of drug-likeness (QED) is 0.532. The van der Waals surface area contributed by atoms with Crippen LogP contribution < -0.4 is 5.32 Å². The molecule has 0 bridgehead atoms. The Labute approximate surface area is 174 Å². The molecular formula is C25H21F2NO2. The van der Waals surface area contributed by atoms with E-state index in [0.29, 0.717) is 5.56 Å². The third-order valence-corrected chi connectivity index (χ3v) is 5.18. The van der Waals surface area contributed by atoms with Gasteiger partial charge in [0.15, 0.2) is 0 Å². The monoisotopic (exact) mass is 405 g/mol. The smallest absolute Gasteiger partial charge is 0.407 e. The van der Waals surface area contributed by atoms with Gasteiger partial charge in [-0.05, 0) is 33.9 Å². The summed E-state index contributed by atoms with van der Waals surface area (Å²) in [7, 11) is 0. The minimum absolute atomic E-state index is 0.00998. The Morgan fingerprint density at radius 3 is 2.30 bits per heavy atom. The lowest BCUT2D eigenvalue weighted by Crippen LogP contribution is -2.26. The van der Waals surface area contributed by atoms with E-state index in [0.717, 1.165) is 11.1 Å². The summed E-state index contributed by atoms with van der Waals surface area (Å²) in [5.41, 5.74) is 5.30. The minimum atomic E-state index is -2.50. The normalized spacial score (nSPS) is 12.8. The van der Waals surface area contributed by atoms with Crippen LogP contribution in [0.5, 0.6) is 0 Å². The zero-order chi connectivity index (χ0) is 20.9. The van der Waals surface area contributed by atoms with E-state index in [1.54, 1.807) is 24.3 Å². The van der Waals surface area contributed by atoms with Crippen LogP contribution in [0.1, 0.15) is 34.6 Å². The number of ether oxygens (including phenoxy) is 1. The van der Waals surface area contributed by atoms with Crippen LogP contribution in [0.3, 0.4) is 0 Å². The molecule has 4 rings (SSSR count). The van der Waals surface area contributed by atoms with Gasteiger partial charge < -0.3 is 10.1 Å². The van der Waals surface area contributed by atoms with Gasteiger partial charge in [0, 0.05) is 18.0 Å². The predicted octanol–water partition coefficient (Wildman–Crippen LogP) is 6.18. The first-order chi connectivity index (χ1) is 14.6. The number of halogens is 2. The Hall–Kier alpha value is -3.47. The SMILES string of the molecule is O=C(NCC=Cc1cccc(C(F)F)c1)OCC1c2ccccc2-c2ccccc21. The van der Waals surface area contributed by atoms with Crippen molar-refractivity contribution >= 4 is 12.2 Å². The second kappa shape index (κ2) is 8.91. The summed E-state index contributed by atoms with van der Waals surface area (Å²) in [5, 5.41) is 2.67. The van der Waals surface area contributed by atoms with Crippen molar-refractivity contribution in [2.24, 2.45) is 0 Å². The molecule has 0 spiro atoms. The van der Waals surface area contributed by atoms with E-state index < -0.39 is 12.5 Å². The van der Waals surface area contributed by atoms with Gasteiger partial charge in [-0.15, -0.1) is 0 Å². The van der Waals surface area contributed by atoms with Crippen LogP contribution in [0.15, 0.2) is 78.9 Å². The molecule has 5 heteroatoms. The fraction of sp³-hybridized carbons (Fsp3) is 0.160. The first kappa shape index (κ1) is 19.8. The molecule has 0 atom stereocenters. The molecule has 3 aromatic rings. The topological polar surface area (TPSA) is 38.3 Å². The van der Waals surface area contributed by atoms with Crippen LogP contribution in [0.4, 0.5) is 13.6 Å².